The fourth-order valence-electron chi connectivity index (χ4n) is 1.52. The highest BCUT2D eigenvalue weighted by molar-refractivity contribution is 7.87. The second-order valence-electron chi connectivity index (χ2n) is 3.86. The van der Waals surface area contributed by atoms with Gasteiger partial charge in [-0.25, -0.2) is 0 Å². The molecule has 0 fully saturated rings. The SMILES string of the molecule is NC(=O)c1cccc(OS(=O)(=O)c2ccccc2Cl)c1. The molecular formula is C13H10ClNO4S. The molecule has 0 bridgehead atoms. The van der Waals surface area contributed by atoms with Crippen LogP contribution >= 0.6 is 11.6 Å². The maximum atomic E-state index is 12.1. The maximum absolute atomic E-state index is 12.1. The van der Waals surface area contributed by atoms with E-state index in [1.807, 2.05) is 0 Å². The predicted molar refractivity (Wildman–Crippen MR) is 74.2 cm³/mol. The van der Waals surface area contributed by atoms with Crippen molar-refractivity contribution in [3.63, 3.8) is 0 Å². The summed E-state index contributed by atoms with van der Waals surface area (Å²) in [5.74, 6) is -0.688. The highest BCUT2D eigenvalue weighted by atomic mass is 35.5. The molecule has 2 rings (SSSR count). The van der Waals surface area contributed by atoms with Crippen molar-refractivity contribution in [3.05, 3.63) is 59.1 Å². The van der Waals surface area contributed by atoms with E-state index in [1.165, 1.54) is 42.5 Å². The van der Waals surface area contributed by atoms with Gasteiger partial charge in [0.2, 0.25) is 5.91 Å². The molecule has 2 aromatic carbocycles. The summed E-state index contributed by atoms with van der Waals surface area (Å²) in [6.45, 7) is 0. The normalized spacial score (nSPS) is 11.1. The summed E-state index contributed by atoms with van der Waals surface area (Å²) in [7, 11) is -4.07. The van der Waals surface area contributed by atoms with Gasteiger partial charge in [-0.05, 0) is 30.3 Å². The van der Waals surface area contributed by atoms with E-state index in [2.05, 4.69) is 0 Å². The van der Waals surface area contributed by atoms with Crippen LogP contribution in [0, 0.1) is 0 Å². The number of benzene rings is 2. The Bertz CT molecular complexity index is 758. The van der Waals surface area contributed by atoms with E-state index in [4.69, 9.17) is 21.5 Å². The van der Waals surface area contributed by atoms with Gasteiger partial charge in [-0.3, -0.25) is 4.79 Å². The summed E-state index contributed by atoms with van der Waals surface area (Å²) in [5, 5.41) is 0.0542. The van der Waals surface area contributed by atoms with Crippen molar-refractivity contribution < 1.29 is 17.4 Å². The van der Waals surface area contributed by atoms with Crippen LogP contribution in [0.15, 0.2) is 53.4 Å². The lowest BCUT2D eigenvalue weighted by molar-refractivity contribution is 0.1000. The number of rotatable bonds is 4. The molecule has 0 unspecified atom stereocenters. The molecule has 0 aromatic heterocycles. The molecule has 1 amide bonds. The minimum atomic E-state index is -4.07. The topological polar surface area (TPSA) is 86.5 Å². The standard InChI is InChI=1S/C13H10ClNO4S/c14-11-6-1-2-7-12(11)20(17,18)19-10-5-3-4-9(8-10)13(15)16/h1-8H,(H2,15,16). The third-order valence-electron chi connectivity index (χ3n) is 2.43. The van der Waals surface area contributed by atoms with E-state index in [9.17, 15) is 13.2 Å². The fourth-order valence-corrected chi connectivity index (χ4v) is 2.94. The van der Waals surface area contributed by atoms with Gasteiger partial charge in [-0.2, -0.15) is 8.42 Å². The molecule has 0 spiro atoms. The minimum Gasteiger partial charge on any atom is -0.379 e. The number of halogens is 1. The zero-order valence-electron chi connectivity index (χ0n) is 10.1. The van der Waals surface area contributed by atoms with Gasteiger partial charge in [0.15, 0.2) is 0 Å². The molecule has 0 aliphatic rings. The van der Waals surface area contributed by atoms with Crippen LogP contribution in [0.25, 0.3) is 0 Å². The third-order valence-corrected chi connectivity index (χ3v) is 4.18. The highest BCUT2D eigenvalue weighted by Gasteiger charge is 2.20. The van der Waals surface area contributed by atoms with Gasteiger partial charge in [-0.1, -0.05) is 29.8 Å². The number of amides is 1. The molecule has 0 radical (unpaired) electrons. The Morgan fingerprint density at radius 2 is 1.80 bits per heavy atom. The van der Waals surface area contributed by atoms with E-state index in [0.29, 0.717) is 0 Å². The Balaban J connectivity index is 2.36. The third kappa shape index (κ3) is 3.09. The van der Waals surface area contributed by atoms with Crippen LogP contribution in [0.3, 0.4) is 0 Å². The van der Waals surface area contributed by atoms with Crippen molar-refractivity contribution in [2.45, 2.75) is 4.90 Å². The van der Waals surface area contributed by atoms with Gasteiger partial charge in [0.1, 0.15) is 10.6 Å². The van der Waals surface area contributed by atoms with Crippen molar-refractivity contribution in [2.24, 2.45) is 5.73 Å². The molecule has 0 saturated carbocycles. The summed E-state index contributed by atoms with van der Waals surface area (Å²) in [6.07, 6.45) is 0. The first-order valence-electron chi connectivity index (χ1n) is 5.49. The quantitative estimate of drug-likeness (QED) is 0.877. The lowest BCUT2D eigenvalue weighted by Crippen LogP contribution is -2.13. The molecule has 0 saturated heterocycles. The molecule has 0 aliphatic heterocycles. The van der Waals surface area contributed by atoms with Crippen molar-refractivity contribution >= 4 is 27.6 Å². The summed E-state index contributed by atoms with van der Waals surface area (Å²) in [4.78, 5) is 10.9. The zero-order valence-corrected chi connectivity index (χ0v) is 11.7. The lowest BCUT2D eigenvalue weighted by atomic mass is 10.2. The van der Waals surface area contributed by atoms with Crippen LogP contribution in [-0.2, 0) is 10.1 Å². The predicted octanol–water partition coefficient (Wildman–Crippen LogP) is 2.21. The Kier molecular flexibility index (Phi) is 3.96. The number of nitrogens with two attached hydrogens (primary N) is 1. The van der Waals surface area contributed by atoms with Gasteiger partial charge in [-0.15, -0.1) is 0 Å². The molecule has 0 atom stereocenters. The first kappa shape index (κ1) is 14.4. The molecular weight excluding hydrogens is 302 g/mol. The molecule has 104 valence electrons. The van der Waals surface area contributed by atoms with E-state index in [1.54, 1.807) is 6.07 Å². The maximum Gasteiger partial charge on any atom is 0.340 e. The smallest absolute Gasteiger partial charge is 0.340 e. The minimum absolute atomic E-state index is 0.0128. The molecule has 0 heterocycles. The van der Waals surface area contributed by atoms with Crippen LogP contribution < -0.4 is 9.92 Å². The Labute approximate surface area is 121 Å². The lowest BCUT2D eigenvalue weighted by Gasteiger charge is -2.08. The zero-order chi connectivity index (χ0) is 14.8. The van der Waals surface area contributed by atoms with E-state index in [-0.39, 0.29) is 21.2 Å². The molecule has 0 aliphatic carbocycles. The van der Waals surface area contributed by atoms with Crippen molar-refractivity contribution in [3.8, 4) is 5.75 Å². The number of carbonyl (C=O) groups is 1. The van der Waals surface area contributed by atoms with Gasteiger partial charge in [0.05, 0.1) is 5.02 Å². The number of hydrogen-bond donors (Lipinski definition) is 1. The van der Waals surface area contributed by atoms with Crippen LogP contribution in [-0.4, -0.2) is 14.3 Å². The van der Waals surface area contributed by atoms with Gasteiger partial charge >= 0.3 is 10.1 Å². The monoisotopic (exact) mass is 311 g/mol. The van der Waals surface area contributed by atoms with Gasteiger partial charge in [0.25, 0.3) is 0 Å². The molecule has 2 aromatic rings. The Morgan fingerprint density at radius 1 is 1.10 bits per heavy atom. The van der Waals surface area contributed by atoms with Crippen LogP contribution in [0.5, 0.6) is 5.75 Å². The first-order valence-corrected chi connectivity index (χ1v) is 7.27. The van der Waals surface area contributed by atoms with Crippen molar-refractivity contribution in [2.75, 3.05) is 0 Å². The summed E-state index contributed by atoms with van der Waals surface area (Å²) < 4.78 is 29.1. The number of carbonyl (C=O) groups excluding carboxylic acids is 1. The molecule has 5 nitrogen and oxygen atoms in total. The molecule has 2 N–H and O–H groups in total. The second kappa shape index (κ2) is 5.52. The van der Waals surface area contributed by atoms with Crippen LogP contribution in [0.4, 0.5) is 0 Å². The number of primary amides is 1. The van der Waals surface area contributed by atoms with Crippen molar-refractivity contribution in [1.82, 2.24) is 0 Å². The first-order chi connectivity index (χ1) is 9.40. The van der Waals surface area contributed by atoms with E-state index in [0.717, 1.165) is 0 Å². The average Bonchev–Trinajstić information content (AvgIpc) is 2.38. The fraction of sp³-hybridized carbons (Fsp3) is 0. The Morgan fingerprint density at radius 3 is 2.45 bits per heavy atom. The number of hydrogen-bond acceptors (Lipinski definition) is 4. The molecule has 7 heteroatoms. The van der Waals surface area contributed by atoms with Crippen molar-refractivity contribution in [1.29, 1.82) is 0 Å². The second-order valence-corrected chi connectivity index (χ2v) is 5.78. The average molecular weight is 312 g/mol. The van der Waals surface area contributed by atoms with Gasteiger partial charge < -0.3 is 9.92 Å². The summed E-state index contributed by atoms with van der Waals surface area (Å²) in [6, 6.07) is 11.5. The van der Waals surface area contributed by atoms with Crippen LogP contribution in [0.1, 0.15) is 10.4 Å². The molecule has 20 heavy (non-hydrogen) atoms. The van der Waals surface area contributed by atoms with Crippen LogP contribution in [0.2, 0.25) is 5.02 Å². The van der Waals surface area contributed by atoms with Gasteiger partial charge in [0, 0.05) is 5.56 Å². The summed E-state index contributed by atoms with van der Waals surface area (Å²) >= 11 is 5.82. The highest BCUT2D eigenvalue weighted by Crippen LogP contribution is 2.25. The largest absolute Gasteiger partial charge is 0.379 e. The van der Waals surface area contributed by atoms with E-state index >= 15 is 0 Å². The Hall–Kier alpha value is -2.05. The van der Waals surface area contributed by atoms with E-state index < -0.39 is 16.0 Å². The summed E-state index contributed by atoms with van der Waals surface area (Å²) in [5.41, 5.74) is 5.27.